The predicted molar refractivity (Wildman–Crippen MR) is 334 cm³/mol. The van der Waals surface area contributed by atoms with E-state index in [0.29, 0.717) is 56.3 Å². The number of H-pyrrole nitrogens is 3. The zero-order valence-corrected chi connectivity index (χ0v) is 53.8. The van der Waals surface area contributed by atoms with Gasteiger partial charge in [-0.25, -0.2) is 19.2 Å². The van der Waals surface area contributed by atoms with E-state index in [1.54, 1.807) is 71.3 Å². The van der Waals surface area contributed by atoms with E-state index >= 15 is 0 Å². The fourth-order valence-electron chi connectivity index (χ4n) is 11.6. The summed E-state index contributed by atoms with van der Waals surface area (Å²) < 4.78 is 74.2. The first-order valence-corrected chi connectivity index (χ1v) is 35.0. The lowest BCUT2D eigenvalue weighted by Crippen LogP contribution is -2.38. The molecule has 5 aliphatic rings. The van der Waals surface area contributed by atoms with Gasteiger partial charge in [-0.15, -0.1) is 0 Å². The van der Waals surface area contributed by atoms with Crippen molar-refractivity contribution in [2.24, 2.45) is 0 Å². The minimum Gasteiger partial charge on any atom is -0.430 e. The molecule has 2 aromatic carbocycles. The number of carbonyl (C=O) groups is 3. The molecule has 8 heterocycles. The summed E-state index contributed by atoms with van der Waals surface area (Å²) in [6.45, 7) is 0.977. The van der Waals surface area contributed by atoms with Crippen LogP contribution in [0.4, 0.5) is 4.79 Å². The summed E-state index contributed by atoms with van der Waals surface area (Å²) in [4.78, 5) is 129. The Morgan fingerprint density at radius 2 is 0.945 bits per heavy atom. The summed E-state index contributed by atoms with van der Waals surface area (Å²) in [6.07, 6.45) is -2.83. The standard InChI is InChI=1S/C59H72N8O20P2S2/c1-6-24-77-59(76)85-43-25-48(65-28-35(3)51(68)60-56(65)73)83-46(43)33-80-89(91,79-32-41-21-15-23-64(41)55(72)39-18-12-9-13-19-39)87-45-27-50(67-30-37(5)53(70)62-58(67)75)84-47(45)34-81-88(90,78-31-40-20-14-22-63(40)54(71)38-16-10-8-11-17-38)86-44-26-49(82-42(44)7-2)66-29-36(4)52(69)61-57(66)74/h6,8-13,16-19,28-30,40-50H,1,7,14-15,20-27,31-34H2,2-5H3,(H,60,68,73)(H,61,69,74)(H,62,70,75)/t40?,41?,42?,43-,44-,45-,46?,47?,48?,49?,50?,88?,89?/m1/s1. The molecule has 0 saturated carbocycles. The molecule has 28 nitrogen and oxygen atoms in total. The molecule has 13 atom stereocenters. The van der Waals surface area contributed by atoms with E-state index in [1.165, 1.54) is 47.6 Å². The summed E-state index contributed by atoms with van der Waals surface area (Å²) in [5, 5.41) is 0. The third kappa shape index (κ3) is 16.1. The quantitative estimate of drug-likeness (QED) is 0.0372. The van der Waals surface area contributed by atoms with Crippen molar-refractivity contribution in [2.75, 3.05) is 46.1 Å². The molecule has 3 N–H and O–H groups in total. The molecule has 10 unspecified atom stereocenters. The largest absolute Gasteiger partial charge is 0.508 e. The van der Waals surface area contributed by atoms with E-state index < -0.39 is 134 Å². The highest BCUT2D eigenvalue weighted by Crippen LogP contribution is 2.57. The molecule has 32 heteroatoms. The number of hydrogen-bond acceptors (Lipinski definition) is 22. The van der Waals surface area contributed by atoms with E-state index in [0.717, 1.165) is 4.57 Å². The third-order valence-electron chi connectivity index (χ3n) is 16.4. The topological polar surface area (TPSA) is 324 Å². The molecule has 0 radical (unpaired) electrons. The SMILES string of the molecule is C=CCOC(=O)O[C@@H]1CC(n2cc(C)c(=O)[nH]c2=O)OC1COP(=S)(OCC1CCCN1C(=O)c1ccccc1)O[C@@H]1CC(n2cc(C)c(=O)[nH]c2=O)OC1COP(=S)(OCC1CCCN1C(=O)c1ccccc1)O[C@@H]1CC(n2cc(C)c(=O)[nH]c2=O)OC1CC. The number of benzene rings is 2. The van der Waals surface area contributed by atoms with Crippen LogP contribution in [0.25, 0.3) is 0 Å². The van der Waals surface area contributed by atoms with Gasteiger partial charge in [0, 0.05) is 78.8 Å². The van der Waals surface area contributed by atoms with Gasteiger partial charge in [0.2, 0.25) is 0 Å². The number of hydrogen-bond donors (Lipinski definition) is 3. The molecule has 0 aliphatic carbocycles. The van der Waals surface area contributed by atoms with Gasteiger partial charge in [0.15, 0.2) is 0 Å². The number of aryl methyl sites for hydroxylation is 3. The van der Waals surface area contributed by atoms with Crippen LogP contribution in [0, 0.1) is 20.8 Å². The molecule has 490 valence electrons. The molecule has 5 saturated heterocycles. The van der Waals surface area contributed by atoms with Gasteiger partial charge in [-0.05, 0) is 101 Å². The highest BCUT2D eigenvalue weighted by atomic mass is 32.5. The lowest BCUT2D eigenvalue weighted by molar-refractivity contribution is -0.0618. The number of amides is 2. The maximum atomic E-state index is 14.0. The van der Waals surface area contributed by atoms with Gasteiger partial charge in [-0.3, -0.25) is 52.6 Å². The Morgan fingerprint density at radius 3 is 1.35 bits per heavy atom. The van der Waals surface area contributed by atoms with Crippen LogP contribution in [0.3, 0.4) is 0 Å². The average molecular weight is 1340 g/mol. The zero-order valence-electron chi connectivity index (χ0n) is 50.4. The van der Waals surface area contributed by atoms with Gasteiger partial charge >= 0.3 is 36.7 Å². The Balaban J connectivity index is 0.974. The molecule has 5 aromatic rings. The average Bonchev–Trinajstić information content (AvgIpc) is 1.78. The molecule has 2 amide bonds. The first-order valence-electron chi connectivity index (χ1n) is 29.9. The van der Waals surface area contributed by atoms with Crippen molar-refractivity contribution in [3.63, 3.8) is 0 Å². The van der Waals surface area contributed by atoms with Crippen molar-refractivity contribution in [3.8, 4) is 0 Å². The normalized spacial score (nSPS) is 26.1. The van der Waals surface area contributed by atoms with Crippen LogP contribution < -0.4 is 33.7 Å². The van der Waals surface area contributed by atoms with Crippen LogP contribution in [-0.2, 0) is 74.4 Å². The first-order chi connectivity index (χ1) is 43.6. The van der Waals surface area contributed by atoms with Gasteiger partial charge < -0.3 is 60.6 Å². The highest BCUT2D eigenvalue weighted by molar-refractivity contribution is 8.07. The summed E-state index contributed by atoms with van der Waals surface area (Å²) >= 11 is 12.7. The van der Waals surface area contributed by atoms with E-state index in [4.69, 9.17) is 74.4 Å². The second kappa shape index (κ2) is 29.5. The number of nitrogens with one attached hydrogen (secondary N) is 3. The summed E-state index contributed by atoms with van der Waals surface area (Å²) in [6, 6.07) is 16.5. The summed E-state index contributed by atoms with van der Waals surface area (Å²) in [5.74, 6) is -0.459. The number of likely N-dealkylation sites (tertiary alicyclic amines) is 2. The van der Waals surface area contributed by atoms with Crippen LogP contribution in [0.2, 0.25) is 0 Å². The zero-order chi connectivity index (χ0) is 64.7. The molecular weight excluding hydrogens is 1270 g/mol. The maximum Gasteiger partial charge on any atom is 0.508 e. The van der Waals surface area contributed by atoms with E-state index in [-0.39, 0.29) is 67.6 Å². The minimum absolute atomic E-state index is 0.0564. The molecule has 5 aliphatic heterocycles. The second-order valence-corrected chi connectivity index (χ2v) is 28.6. The highest BCUT2D eigenvalue weighted by Gasteiger charge is 2.48. The van der Waals surface area contributed by atoms with Crippen molar-refractivity contribution in [1.29, 1.82) is 0 Å². The number of rotatable bonds is 25. The Hall–Kier alpha value is -6.63. The second-order valence-electron chi connectivity index (χ2n) is 22.6. The van der Waals surface area contributed by atoms with Gasteiger partial charge in [-0.2, -0.15) is 0 Å². The van der Waals surface area contributed by atoms with Gasteiger partial charge in [-0.1, -0.05) is 56.0 Å². The lowest BCUT2D eigenvalue weighted by atomic mass is 10.1. The Bertz CT molecular complexity index is 3940. The summed E-state index contributed by atoms with van der Waals surface area (Å²) in [5.41, 5.74) is -2.55. The van der Waals surface area contributed by atoms with Crippen LogP contribution in [0.5, 0.6) is 0 Å². The third-order valence-corrected chi connectivity index (χ3v) is 21.1. The number of carbonyl (C=O) groups excluding carboxylic acids is 3. The minimum atomic E-state index is -4.25. The number of ether oxygens (including phenoxy) is 5. The van der Waals surface area contributed by atoms with Crippen molar-refractivity contribution in [1.82, 2.24) is 38.5 Å². The molecule has 91 heavy (non-hydrogen) atoms. The van der Waals surface area contributed by atoms with Gasteiger partial charge in [0.25, 0.3) is 28.5 Å². The number of aromatic amines is 3. The first kappa shape index (κ1) is 67.3. The molecule has 5 fully saturated rings. The monoisotopic (exact) mass is 1340 g/mol. The van der Waals surface area contributed by atoms with E-state index in [2.05, 4.69) is 21.5 Å². The van der Waals surface area contributed by atoms with Gasteiger partial charge in [0.05, 0.1) is 56.8 Å². The van der Waals surface area contributed by atoms with Crippen molar-refractivity contribution >= 4 is 55.0 Å². The van der Waals surface area contributed by atoms with Crippen molar-refractivity contribution < 1.29 is 65.2 Å². The number of aromatic nitrogens is 6. The summed E-state index contributed by atoms with van der Waals surface area (Å²) in [7, 11) is 0. The van der Waals surface area contributed by atoms with Crippen LogP contribution in [0.15, 0.2) is 121 Å². The lowest BCUT2D eigenvalue weighted by Gasteiger charge is -2.32. The van der Waals surface area contributed by atoms with Crippen LogP contribution >= 0.6 is 13.4 Å². The fraction of sp³-hybridized carbons (Fsp3) is 0.508. The fourth-order valence-corrected chi connectivity index (χ4v) is 15.8. The maximum absolute atomic E-state index is 14.0. The molecule has 0 bridgehead atoms. The smallest absolute Gasteiger partial charge is 0.430 e. The Kier molecular flexibility index (Phi) is 21.8. The molecule has 0 spiro atoms. The van der Waals surface area contributed by atoms with Crippen LogP contribution in [0.1, 0.15) is 114 Å². The molecule has 10 rings (SSSR count). The van der Waals surface area contributed by atoms with Crippen molar-refractivity contribution in [2.45, 2.75) is 146 Å². The van der Waals surface area contributed by atoms with E-state index in [1.807, 2.05) is 13.0 Å². The van der Waals surface area contributed by atoms with Gasteiger partial charge in [0.1, 0.15) is 43.6 Å². The number of nitrogens with zero attached hydrogens (tertiary/aromatic N) is 5. The van der Waals surface area contributed by atoms with E-state index in [9.17, 15) is 43.2 Å². The predicted octanol–water partition coefficient (Wildman–Crippen LogP) is 5.44. The van der Waals surface area contributed by atoms with Crippen molar-refractivity contribution in [3.05, 3.63) is 182 Å². The van der Waals surface area contributed by atoms with Crippen LogP contribution in [-0.4, -0.2) is 151 Å². The molecule has 3 aromatic heterocycles. The Morgan fingerprint density at radius 1 is 0.571 bits per heavy atom. The Labute approximate surface area is 531 Å². The molecular formula is C59H72N8O20P2S2.